The lowest BCUT2D eigenvalue weighted by atomic mass is 10.0. The Morgan fingerprint density at radius 1 is 1.54 bits per heavy atom. The second-order valence-electron chi connectivity index (χ2n) is 3.41. The number of carboxylic acid groups (broad SMARTS) is 1. The molecular formula is C10H13NO2. The SMILES string of the molecule is Cc1cnc(C(C)C)c(C(=O)O)c1. The second-order valence-corrected chi connectivity index (χ2v) is 3.41. The molecule has 3 heteroatoms. The molecule has 0 bridgehead atoms. The van der Waals surface area contributed by atoms with E-state index in [0.717, 1.165) is 5.56 Å². The van der Waals surface area contributed by atoms with E-state index >= 15 is 0 Å². The van der Waals surface area contributed by atoms with Crippen molar-refractivity contribution >= 4 is 5.97 Å². The number of aromatic nitrogens is 1. The van der Waals surface area contributed by atoms with E-state index < -0.39 is 5.97 Å². The van der Waals surface area contributed by atoms with E-state index in [1.165, 1.54) is 0 Å². The zero-order chi connectivity index (χ0) is 10.0. The number of rotatable bonds is 2. The molecule has 0 aliphatic rings. The van der Waals surface area contributed by atoms with Crippen LogP contribution in [0, 0.1) is 6.92 Å². The molecule has 0 spiro atoms. The predicted octanol–water partition coefficient (Wildman–Crippen LogP) is 2.21. The smallest absolute Gasteiger partial charge is 0.337 e. The molecule has 3 nitrogen and oxygen atoms in total. The number of carbonyl (C=O) groups is 1. The summed E-state index contributed by atoms with van der Waals surface area (Å²) in [5, 5.41) is 8.90. The molecule has 1 rings (SSSR count). The van der Waals surface area contributed by atoms with Gasteiger partial charge >= 0.3 is 5.97 Å². The lowest BCUT2D eigenvalue weighted by Crippen LogP contribution is -2.06. The van der Waals surface area contributed by atoms with Gasteiger partial charge in [-0.2, -0.15) is 0 Å². The topological polar surface area (TPSA) is 50.2 Å². The van der Waals surface area contributed by atoms with Crippen LogP contribution in [0.4, 0.5) is 0 Å². The first-order valence-electron chi connectivity index (χ1n) is 4.22. The lowest BCUT2D eigenvalue weighted by Gasteiger charge is -2.08. The van der Waals surface area contributed by atoms with Gasteiger partial charge in [-0.25, -0.2) is 4.79 Å². The van der Waals surface area contributed by atoms with Crippen molar-refractivity contribution in [2.24, 2.45) is 0 Å². The Bertz CT molecular complexity index is 332. The van der Waals surface area contributed by atoms with Crippen molar-refractivity contribution in [3.05, 3.63) is 29.1 Å². The highest BCUT2D eigenvalue weighted by Gasteiger charge is 2.13. The summed E-state index contributed by atoms with van der Waals surface area (Å²) in [5.74, 6) is -0.758. The summed E-state index contributed by atoms with van der Waals surface area (Å²) in [4.78, 5) is 15.0. The number of hydrogen-bond acceptors (Lipinski definition) is 2. The molecule has 0 radical (unpaired) electrons. The standard InChI is InChI=1S/C10H13NO2/c1-6(2)9-8(10(12)13)4-7(3)5-11-9/h4-6H,1-3H3,(H,12,13). The Balaban J connectivity index is 3.27. The summed E-state index contributed by atoms with van der Waals surface area (Å²) < 4.78 is 0. The minimum absolute atomic E-state index is 0.145. The van der Waals surface area contributed by atoms with Crippen LogP contribution in [0.1, 0.15) is 41.4 Å². The van der Waals surface area contributed by atoms with Gasteiger partial charge in [0.1, 0.15) is 0 Å². The molecule has 70 valence electrons. The summed E-state index contributed by atoms with van der Waals surface area (Å²) in [5.41, 5.74) is 1.84. The molecule has 1 heterocycles. The van der Waals surface area contributed by atoms with E-state index in [4.69, 9.17) is 5.11 Å². The highest BCUT2D eigenvalue weighted by molar-refractivity contribution is 5.89. The maximum absolute atomic E-state index is 10.8. The van der Waals surface area contributed by atoms with Gasteiger partial charge in [-0.05, 0) is 24.5 Å². The monoisotopic (exact) mass is 179 g/mol. The van der Waals surface area contributed by atoms with Crippen molar-refractivity contribution in [3.63, 3.8) is 0 Å². The summed E-state index contributed by atoms with van der Waals surface area (Å²) in [6.07, 6.45) is 1.70. The number of hydrogen-bond donors (Lipinski definition) is 1. The van der Waals surface area contributed by atoms with Gasteiger partial charge in [0, 0.05) is 6.20 Å². The van der Waals surface area contributed by atoms with Crippen LogP contribution >= 0.6 is 0 Å². The predicted molar refractivity (Wildman–Crippen MR) is 50.0 cm³/mol. The van der Waals surface area contributed by atoms with E-state index in [0.29, 0.717) is 11.3 Å². The Labute approximate surface area is 77.4 Å². The Morgan fingerprint density at radius 3 is 2.62 bits per heavy atom. The Kier molecular flexibility index (Phi) is 2.66. The van der Waals surface area contributed by atoms with Crippen molar-refractivity contribution in [3.8, 4) is 0 Å². The zero-order valence-electron chi connectivity index (χ0n) is 8.03. The minimum Gasteiger partial charge on any atom is -0.478 e. The third kappa shape index (κ3) is 2.05. The molecular weight excluding hydrogens is 166 g/mol. The average molecular weight is 179 g/mol. The van der Waals surface area contributed by atoms with Crippen LogP contribution < -0.4 is 0 Å². The molecule has 13 heavy (non-hydrogen) atoms. The largest absolute Gasteiger partial charge is 0.478 e. The van der Waals surface area contributed by atoms with Crippen molar-refractivity contribution in [2.75, 3.05) is 0 Å². The maximum atomic E-state index is 10.8. The van der Waals surface area contributed by atoms with Gasteiger partial charge in [0.15, 0.2) is 0 Å². The van der Waals surface area contributed by atoms with E-state index in [2.05, 4.69) is 4.98 Å². The molecule has 1 N–H and O–H groups in total. The average Bonchev–Trinajstić information content (AvgIpc) is 2.03. The first-order chi connectivity index (χ1) is 6.02. The number of nitrogens with zero attached hydrogens (tertiary/aromatic N) is 1. The van der Waals surface area contributed by atoms with Crippen LogP contribution in [0.2, 0.25) is 0 Å². The Morgan fingerprint density at radius 2 is 2.15 bits per heavy atom. The quantitative estimate of drug-likeness (QED) is 0.757. The fourth-order valence-corrected chi connectivity index (χ4v) is 1.21. The van der Waals surface area contributed by atoms with Crippen molar-refractivity contribution in [2.45, 2.75) is 26.7 Å². The van der Waals surface area contributed by atoms with Crippen LogP contribution in [0.25, 0.3) is 0 Å². The normalized spacial score (nSPS) is 10.5. The van der Waals surface area contributed by atoms with E-state index in [9.17, 15) is 4.79 Å². The molecule has 0 aliphatic carbocycles. The highest BCUT2D eigenvalue weighted by atomic mass is 16.4. The molecule has 1 aromatic rings. The van der Waals surface area contributed by atoms with Gasteiger partial charge in [-0.1, -0.05) is 13.8 Å². The molecule has 0 fully saturated rings. The summed E-state index contributed by atoms with van der Waals surface area (Å²) in [6.45, 7) is 5.71. The molecule has 0 aliphatic heterocycles. The van der Waals surface area contributed by atoms with Gasteiger partial charge in [0.25, 0.3) is 0 Å². The molecule has 0 aromatic carbocycles. The summed E-state index contributed by atoms with van der Waals surface area (Å²) in [6, 6.07) is 1.66. The van der Waals surface area contributed by atoms with E-state index in [1.807, 2.05) is 20.8 Å². The van der Waals surface area contributed by atoms with Crippen molar-refractivity contribution in [1.29, 1.82) is 0 Å². The number of aryl methyl sites for hydroxylation is 1. The third-order valence-corrected chi connectivity index (χ3v) is 1.83. The van der Waals surface area contributed by atoms with Crippen LogP contribution in [-0.2, 0) is 0 Å². The number of aromatic carboxylic acids is 1. The zero-order valence-corrected chi connectivity index (χ0v) is 8.03. The first-order valence-corrected chi connectivity index (χ1v) is 4.22. The van der Waals surface area contributed by atoms with Gasteiger partial charge in [0.05, 0.1) is 11.3 Å². The molecule has 0 atom stereocenters. The molecule has 0 saturated heterocycles. The van der Waals surface area contributed by atoms with E-state index in [-0.39, 0.29) is 5.92 Å². The first kappa shape index (κ1) is 9.71. The van der Waals surface area contributed by atoms with Crippen molar-refractivity contribution < 1.29 is 9.90 Å². The van der Waals surface area contributed by atoms with Gasteiger partial charge in [-0.3, -0.25) is 4.98 Å². The van der Waals surface area contributed by atoms with Gasteiger partial charge in [-0.15, -0.1) is 0 Å². The summed E-state index contributed by atoms with van der Waals surface area (Å²) in [7, 11) is 0. The maximum Gasteiger partial charge on any atom is 0.337 e. The molecule has 0 saturated carbocycles. The van der Waals surface area contributed by atoms with Gasteiger partial charge in [0.2, 0.25) is 0 Å². The number of pyridine rings is 1. The van der Waals surface area contributed by atoms with Crippen LogP contribution in [0.15, 0.2) is 12.3 Å². The van der Waals surface area contributed by atoms with E-state index in [1.54, 1.807) is 12.3 Å². The fourth-order valence-electron chi connectivity index (χ4n) is 1.21. The molecule has 0 unspecified atom stereocenters. The fraction of sp³-hybridized carbons (Fsp3) is 0.400. The van der Waals surface area contributed by atoms with Crippen LogP contribution in [0.3, 0.4) is 0 Å². The lowest BCUT2D eigenvalue weighted by molar-refractivity contribution is 0.0694. The molecule has 1 aromatic heterocycles. The second kappa shape index (κ2) is 3.56. The summed E-state index contributed by atoms with van der Waals surface area (Å²) >= 11 is 0. The third-order valence-electron chi connectivity index (χ3n) is 1.83. The van der Waals surface area contributed by atoms with Gasteiger partial charge < -0.3 is 5.11 Å². The van der Waals surface area contributed by atoms with Crippen LogP contribution in [0.5, 0.6) is 0 Å². The van der Waals surface area contributed by atoms with Crippen LogP contribution in [-0.4, -0.2) is 16.1 Å². The molecule has 0 amide bonds. The minimum atomic E-state index is -0.903. The number of carboxylic acids is 1. The van der Waals surface area contributed by atoms with Crippen molar-refractivity contribution in [1.82, 2.24) is 4.98 Å². The Hall–Kier alpha value is -1.38. The highest BCUT2D eigenvalue weighted by Crippen LogP contribution is 2.17.